The number of benzene rings is 3. The first kappa shape index (κ1) is 21.5. The van der Waals surface area contributed by atoms with Gasteiger partial charge in [-0.2, -0.15) is 0 Å². The number of phenolic OH excluding ortho intramolecular Hbond substituents is 1. The van der Waals surface area contributed by atoms with Crippen molar-refractivity contribution in [1.82, 2.24) is 4.98 Å². The van der Waals surface area contributed by atoms with Crippen LogP contribution in [0.3, 0.4) is 0 Å². The summed E-state index contributed by atoms with van der Waals surface area (Å²) in [5, 5.41) is 19.9. The molecule has 0 radical (unpaired) electrons. The molecule has 6 nitrogen and oxygen atoms in total. The van der Waals surface area contributed by atoms with Crippen LogP contribution in [0.4, 0.5) is 5.69 Å². The fraction of sp³-hybridized carbons (Fsp3) is 0.143. The van der Waals surface area contributed by atoms with E-state index in [0.29, 0.717) is 12.4 Å². The van der Waals surface area contributed by atoms with Gasteiger partial charge < -0.3 is 19.8 Å². The number of nitrogens with zero attached hydrogens (tertiary/aromatic N) is 2. The monoisotopic (exact) mass is 452 g/mol. The number of aromatic hydroxyl groups is 1. The van der Waals surface area contributed by atoms with Gasteiger partial charge in [0.15, 0.2) is 0 Å². The Morgan fingerprint density at radius 1 is 0.971 bits per heavy atom. The van der Waals surface area contributed by atoms with Gasteiger partial charge in [-0.15, -0.1) is 0 Å². The Morgan fingerprint density at radius 3 is 2.47 bits per heavy atom. The number of para-hydroxylation sites is 1. The highest BCUT2D eigenvalue weighted by atomic mass is 16.5. The lowest BCUT2D eigenvalue weighted by atomic mass is 9.88. The van der Waals surface area contributed by atoms with Crippen LogP contribution in [0.2, 0.25) is 0 Å². The lowest BCUT2D eigenvalue weighted by molar-refractivity contribution is -0.138. The molecule has 1 aliphatic heterocycles. The van der Waals surface area contributed by atoms with Crippen LogP contribution in [0.25, 0.3) is 11.1 Å². The topological polar surface area (TPSA) is 82.9 Å². The Morgan fingerprint density at radius 2 is 1.76 bits per heavy atom. The molecule has 1 aromatic heterocycles. The highest BCUT2D eigenvalue weighted by Crippen LogP contribution is 2.45. The van der Waals surface area contributed by atoms with Gasteiger partial charge in [-0.05, 0) is 52.1 Å². The number of aromatic nitrogens is 1. The van der Waals surface area contributed by atoms with Crippen molar-refractivity contribution in [3.63, 3.8) is 0 Å². The van der Waals surface area contributed by atoms with Crippen molar-refractivity contribution in [2.45, 2.75) is 18.5 Å². The second-order valence-corrected chi connectivity index (χ2v) is 8.33. The number of pyridine rings is 1. The normalized spacial score (nSPS) is 16.8. The minimum absolute atomic E-state index is 0.219. The fourth-order valence-corrected chi connectivity index (χ4v) is 4.73. The number of methoxy groups -OCH3 is 1. The van der Waals surface area contributed by atoms with Crippen LogP contribution in [0.5, 0.6) is 11.6 Å². The zero-order valence-electron chi connectivity index (χ0n) is 18.6. The highest BCUT2D eigenvalue weighted by Gasteiger charge is 2.43. The van der Waals surface area contributed by atoms with E-state index in [4.69, 9.17) is 4.74 Å². The van der Waals surface area contributed by atoms with Crippen LogP contribution in [-0.2, 0) is 11.3 Å². The van der Waals surface area contributed by atoms with Crippen molar-refractivity contribution in [3.05, 3.63) is 108 Å². The van der Waals surface area contributed by atoms with Gasteiger partial charge in [0, 0.05) is 30.4 Å². The van der Waals surface area contributed by atoms with Crippen LogP contribution < -0.4 is 9.64 Å². The van der Waals surface area contributed by atoms with Crippen LogP contribution in [0, 0.1) is 0 Å². The van der Waals surface area contributed by atoms with Gasteiger partial charge in [0.1, 0.15) is 11.8 Å². The van der Waals surface area contributed by atoms with Crippen molar-refractivity contribution in [1.29, 1.82) is 0 Å². The van der Waals surface area contributed by atoms with Gasteiger partial charge in [0.2, 0.25) is 5.88 Å². The largest absolute Gasteiger partial charge is 0.508 e. The molecule has 0 amide bonds. The van der Waals surface area contributed by atoms with Crippen molar-refractivity contribution in [2.75, 3.05) is 12.0 Å². The van der Waals surface area contributed by atoms with Crippen LogP contribution in [-0.4, -0.2) is 34.3 Å². The van der Waals surface area contributed by atoms with E-state index >= 15 is 0 Å². The van der Waals surface area contributed by atoms with Gasteiger partial charge in [0.25, 0.3) is 0 Å². The summed E-state index contributed by atoms with van der Waals surface area (Å²) < 4.78 is 5.18. The molecular weight excluding hydrogens is 428 g/mol. The SMILES string of the molecule is COc1ccc(C2c3ccccc3N(Cc3cccc(-c4ccc(O)cc4)c3)C2C(=O)O)cn1. The Kier molecular flexibility index (Phi) is 5.64. The second-order valence-electron chi connectivity index (χ2n) is 8.33. The smallest absolute Gasteiger partial charge is 0.327 e. The number of ether oxygens (including phenoxy) is 1. The summed E-state index contributed by atoms with van der Waals surface area (Å²) in [5.41, 5.74) is 5.70. The molecule has 2 atom stereocenters. The van der Waals surface area contributed by atoms with E-state index in [1.54, 1.807) is 31.5 Å². The van der Waals surface area contributed by atoms with E-state index < -0.39 is 12.0 Å². The Hall–Kier alpha value is -4.32. The molecule has 0 spiro atoms. The Balaban J connectivity index is 1.53. The maximum Gasteiger partial charge on any atom is 0.327 e. The first-order valence-electron chi connectivity index (χ1n) is 11.0. The standard InChI is InChI=1S/C28H24N2O4/c1-34-25-14-11-21(16-29-25)26-23-7-2-3-8-24(23)30(27(26)28(32)33)17-18-5-4-6-20(15-18)19-9-12-22(31)13-10-19/h2-16,26-27,31H,17H2,1H3,(H,32,33). The number of carboxylic acids is 1. The fourth-order valence-electron chi connectivity index (χ4n) is 4.73. The number of hydrogen-bond donors (Lipinski definition) is 2. The number of phenols is 1. The molecule has 2 unspecified atom stereocenters. The summed E-state index contributed by atoms with van der Waals surface area (Å²) in [6, 6.07) is 25.8. The third kappa shape index (κ3) is 3.94. The van der Waals surface area contributed by atoms with E-state index in [1.807, 2.05) is 65.6 Å². The first-order valence-corrected chi connectivity index (χ1v) is 11.0. The van der Waals surface area contributed by atoms with Gasteiger partial charge in [-0.25, -0.2) is 9.78 Å². The summed E-state index contributed by atoms with van der Waals surface area (Å²) in [6.45, 7) is 0.444. The molecule has 0 bridgehead atoms. The van der Waals surface area contributed by atoms with E-state index in [-0.39, 0.29) is 11.7 Å². The molecule has 3 aromatic carbocycles. The third-order valence-electron chi connectivity index (χ3n) is 6.29. The highest BCUT2D eigenvalue weighted by molar-refractivity contribution is 5.85. The van der Waals surface area contributed by atoms with Crippen molar-refractivity contribution in [3.8, 4) is 22.8 Å². The predicted molar refractivity (Wildman–Crippen MR) is 130 cm³/mol. The third-order valence-corrected chi connectivity index (χ3v) is 6.29. The number of fused-ring (bicyclic) bond motifs is 1. The molecule has 2 N–H and O–H groups in total. The van der Waals surface area contributed by atoms with Gasteiger partial charge in [0.05, 0.1) is 7.11 Å². The molecule has 0 saturated carbocycles. The lowest BCUT2D eigenvalue weighted by Crippen LogP contribution is -2.40. The second kappa shape index (κ2) is 8.90. The molecule has 1 aliphatic rings. The quantitative estimate of drug-likeness (QED) is 0.425. The van der Waals surface area contributed by atoms with Crippen molar-refractivity contribution < 1.29 is 19.7 Å². The van der Waals surface area contributed by atoms with Crippen molar-refractivity contribution >= 4 is 11.7 Å². The van der Waals surface area contributed by atoms with E-state index in [9.17, 15) is 15.0 Å². The summed E-state index contributed by atoms with van der Waals surface area (Å²) in [6.07, 6.45) is 1.70. The molecule has 0 aliphatic carbocycles. The molecule has 0 saturated heterocycles. The number of carbonyl (C=O) groups is 1. The van der Waals surface area contributed by atoms with E-state index in [1.165, 1.54) is 0 Å². The summed E-state index contributed by atoms with van der Waals surface area (Å²) in [5.74, 6) is -0.527. The zero-order valence-corrected chi connectivity index (χ0v) is 18.6. The predicted octanol–water partition coefficient (Wildman–Crippen LogP) is 5.07. The minimum atomic E-state index is -0.883. The number of hydrogen-bond acceptors (Lipinski definition) is 5. The lowest BCUT2D eigenvalue weighted by Gasteiger charge is -2.27. The van der Waals surface area contributed by atoms with Crippen molar-refractivity contribution in [2.24, 2.45) is 0 Å². The Labute approximate surface area is 197 Å². The number of aliphatic carboxylic acids is 1. The summed E-state index contributed by atoms with van der Waals surface area (Å²) >= 11 is 0. The molecule has 4 aromatic rings. The molecule has 0 fully saturated rings. The number of rotatable bonds is 6. The zero-order chi connectivity index (χ0) is 23.7. The molecule has 5 rings (SSSR count). The maximum absolute atomic E-state index is 12.6. The van der Waals surface area contributed by atoms with Gasteiger partial charge in [-0.3, -0.25) is 0 Å². The molecule has 6 heteroatoms. The first-order chi connectivity index (χ1) is 16.5. The average Bonchev–Trinajstić information content (AvgIpc) is 3.19. The van der Waals surface area contributed by atoms with E-state index in [2.05, 4.69) is 11.1 Å². The summed E-state index contributed by atoms with van der Waals surface area (Å²) in [7, 11) is 1.56. The maximum atomic E-state index is 12.6. The van der Waals surface area contributed by atoms with Crippen LogP contribution in [0.15, 0.2) is 91.1 Å². The minimum Gasteiger partial charge on any atom is -0.508 e. The Bertz CT molecular complexity index is 1320. The van der Waals surface area contributed by atoms with Gasteiger partial charge >= 0.3 is 5.97 Å². The van der Waals surface area contributed by atoms with E-state index in [0.717, 1.165) is 33.5 Å². The van der Waals surface area contributed by atoms with Crippen LogP contribution in [0.1, 0.15) is 22.6 Å². The summed E-state index contributed by atoms with van der Waals surface area (Å²) in [4.78, 5) is 18.9. The van der Waals surface area contributed by atoms with Crippen LogP contribution >= 0.6 is 0 Å². The number of anilines is 1. The van der Waals surface area contributed by atoms with Gasteiger partial charge in [-0.1, -0.05) is 54.6 Å². The molecule has 34 heavy (non-hydrogen) atoms. The molecular formula is C28H24N2O4. The number of carboxylic acid groups (broad SMARTS) is 1. The average molecular weight is 453 g/mol. The molecule has 2 heterocycles. The molecule has 170 valence electrons.